The quantitative estimate of drug-likeness (QED) is 0.0994. The Kier molecular flexibility index (Phi) is 8.65. The number of nitrogens with two attached hydrogens (primary N) is 1. The minimum Gasteiger partial charge on any atom is -0.480 e. The number of hydrogen-bond acceptors (Lipinski definition) is 8. The number of carbonyl (C=O) groups is 2. The lowest BCUT2D eigenvalue weighted by Gasteiger charge is -2.26. The second-order valence-electron chi connectivity index (χ2n) is 6.50. The number of H-pyrrole nitrogens is 1. The number of thiol groups is 1. The van der Waals surface area contributed by atoms with Gasteiger partial charge in [0.2, 0.25) is 5.95 Å². The van der Waals surface area contributed by atoms with Gasteiger partial charge in [0.15, 0.2) is 16.8 Å². The van der Waals surface area contributed by atoms with Crippen LogP contribution in [0, 0.1) is 5.41 Å². The molecule has 164 valence electrons. The highest BCUT2D eigenvalue weighted by molar-refractivity contribution is 7.80. The van der Waals surface area contributed by atoms with Crippen LogP contribution in [0.15, 0.2) is 11.4 Å². The number of anilines is 1. The first-order valence-electron chi connectivity index (χ1n) is 9.51. The van der Waals surface area contributed by atoms with Gasteiger partial charge in [-0.2, -0.15) is 4.98 Å². The molecule has 2 aromatic rings. The van der Waals surface area contributed by atoms with Gasteiger partial charge in [0.05, 0.1) is 12.8 Å². The van der Waals surface area contributed by atoms with Gasteiger partial charge >= 0.3 is 12.1 Å². The van der Waals surface area contributed by atoms with E-state index in [0.717, 1.165) is 17.7 Å². The van der Waals surface area contributed by atoms with Crippen molar-refractivity contribution in [2.24, 2.45) is 5.73 Å². The molecule has 0 aromatic carbocycles. The fraction of sp³-hybridized carbons (Fsp3) is 0.529. The Balaban J connectivity index is 2.28. The molecule has 0 bridgehead atoms. The lowest BCUT2D eigenvalue weighted by Crippen LogP contribution is -2.47. The summed E-state index contributed by atoms with van der Waals surface area (Å²) in [6.07, 6.45) is 3.56. The summed E-state index contributed by atoms with van der Waals surface area (Å²) in [5.74, 6) is -1.44. The molecule has 0 fully saturated rings. The van der Waals surface area contributed by atoms with Crippen molar-refractivity contribution in [1.82, 2.24) is 25.3 Å². The highest BCUT2D eigenvalue weighted by Gasteiger charge is 2.34. The molecule has 6 N–H and O–H groups in total. The minimum absolute atomic E-state index is 0.00866. The van der Waals surface area contributed by atoms with E-state index in [9.17, 15) is 14.7 Å². The molecule has 12 nitrogen and oxygen atoms in total. The number of nitrogens with one attached hydrogen (secondary N) is 3. The first-order chi connectivity index (χ1) is 14.3. The number of carbonyl (C=O) groups excluding carboxylic acids is 1. The van der Waals surface area contributed by atoms with Crippen LogP contribution in [0.3, 0.4) is 0 Å². The Bertz CT molecular complexity index is 890. The highest BCUT2D eigenvalue weighted by Crippen LogP contribution is 2.21. The summed E-state index contributed by atoms with van der Waals surface area (Å²) in [6.45, 7) is 2.48. The Morgan fingerprint density at radius 2 is 2.17 bits per heavy atom. The number of aliphatic carboxylic acids is 1. The topological polar surface area (TPSA) is 183 Å². The van der Waals surface area contributed by atoms with Gasteiger partial charge in [-0.05, 0) is 19.3 Å². The van der Waals surface area contributed by atoms with E-state index in [1.807, 2.05) is 6.92 Å². The van der Waals surface area contributed by atoms with Crippen LogP contribution in [0.1, 0.15) is 39.0 Å². The summed E-state index contributed by atoms with van der Waals surface area (Å²) >= 11 is 4.06. The Morgan fingerprint density at radius 3 is 2.83 bits per heavy atom. The molecule has 0 spiro atoms. The Morgan fingerprint density at radius 1 is 1.40 bits per heavy atom. The second-order valence-corrected chi connectivity index (χ2v) is 6.90. The van der Waals surface area contributed by atoms with Crippen LogP contribution in [0.2, 0.25) is 0 Å². The smallest absolute Gasteiger partial charge is 0.417 e. The van der Waals surface area contributed by atoms with Gasteiger partial charge in [0, 0.05) is 6.54 Å². The van der Waals surface area contributed by atoms with Crippen LogP contribution in [-0.2, 0) is 9.53 Å². The van der Waals surface area contributed by atoms with Gasteiger partial charge in [0.1, 0.15) is 11.6 Å². The van der Waals surface area contributed by atoms with Crippen LogP contribution in [0.5, 0.6) is 0 Å². The molecule has 0 aliphatic heterocycles. The summed E-state index contributed by atoms with van der Waals surface area (Å²) in [5.41, 5.74) is 5.91. The molecule has 2 heterocycles. The first kappa shape index (κ1) is 23.2. The molecule has 30 heavy (non-hydrogen) atoms. The zero-order chi connectivity index (χ0) is 22.1. The monoisotopic (exact) mass is 438 g/mol. The number of aromatic amines is 1. The number of carboxylic acids is 1. The molecule has 0 aliphatic rings. The van der Waals surface area contributed by atoms with Crippen molar-refractivity contribution in [3.05, 3.63) is 6.20 Å². The molecule has 2 aromatic heterocycles. The van der Waals surface area contributed by atoms with Gasteiger partial charge in [-0.25, -0.2) is 24.5 Å². The molecule has 1 amide bonds. The molecule has 0 saturated heterocycles. The lowest BCUT2D eigenvalue weighted by atomic mass is 10.1. The largest absolute Gasteiger partial charge is 0.480 e. The third-order valence-electron chi connectivity index (χ3n) is 4.18. The molecule has 0 saturated carbocycles. The molecular formula is C17H26N8O4S. The maximum atomic E-state index is 12.8. The summed E-state index contributed by atoms with van der Waals surface area (Å²) < 4.78 is 5.30. The average molecular weight is 439 g/mol. The number of imidazole rings is 1. The van der Waals surface area contributed by atoms with Crippen molar-refractivity contribution >= 4 is 47.8 Å². The number of aromatic nitrogens is 4. The standard InChI is InChI=1S/C17H26N8O4S/c1-2-3-4-8-29-17(28)25(11(13(26)27)6-5-7-20-14(18)19)15-22-10-9-21-16(30)24-12(10)23-15/h9,11H,2-8H2,1H3,(H,26,27)(H4,18,19,20)(H2,21,22,23,24,30)/t11-/m0/s1. The number of nitrogens with zero attached hydrogens (tertiary/aromatic N) is 4. The first-order valence-corrected chi connectivity index (χ1v) is 9.96. The van der Waals surface area contributed by atoms with E-state index < -0.39 is 18.1 Å². The zero-order valence-electron chi connectivity index (χ0n) is 16.6. The molecule has 13 heteroatoms. The predicted octanol–water partition coefficient (Wildman–Crippen LogP) is 1.49. The molecule has 2 rings (SSSR count). The third-order valence-corrected chi connectivity index (χ3v) is 4.39. The SMILES string of the molecule is CCCCCOC(=O)N(c1nc2nc(S)ncc2[nH]1)[C@@H](CCCNC(=N)N)C(=O)O. The fourth-order valence-corrected chi connectivity index (χ4v) is 2.88. The number of rotatable bonds is 11. The van der Waals surface area contributed by atoms with Crippen molar-refractivity contribution in [3.8, 4) is 0 Å². The maximum absolute atomic E-state index is 12.8. The third kappa shape index (κ3) is 6.47. The van der Waals surface area contributed by atoms with E-state index in [1.165, 1.54) is 6.20 Å². The number of fused-ring (bicyclic) bond motifs is 1. The van der Waals surface area contributed by atoms with Gasteiger partial charge < -0.3 is 25.9 Å². The van der Waals surface area contributed by atoms with Crippen molar-refractivity contribution in [2.45, 2.75) is 50.2 Å². The number of unbranched alkanes of at least 4 members (excludes halogenated alkanes) is 2. The zero-order valence-corrected chi connectivity index (χ0v) is 17.5. The minimum atomic E-state index is -1.25. The van der Waals surface area contributed by atoms with Crippen LogP contribution in [0.4, 0.5) is 10.7 Å². The fourth-order valence-electron chi connectivity index (χ4n) is 2.72. The Hall–Kier alpha value is -3.09. The molecule has 0 unspecified atom stereocenters. The van der Waals surface area contributed by atoms with Gasteiger partial charge in [-0.1, -0.05) is 19.8 Å². The van der Waals surface area contributed by atoms with Crippen molar-refractivity contribution < 1.29 is 19.4 Å². The number of hydrogen-bond donors (Lipinski definition) is 6. The number of ether oxygens (including phenoxy) is 1. The van der Waals surface area contributed by atoms with Crippen LogP contribution in [0.25, 0.3) is 11.2 Å². The summed E-state index contributed by atoms with van der Waals surface area (Å²) in [4.78, 5) is 40.9. The van der Waals surface area contributed by atoms with E-state index in [-0.39, 0.29) is 42.3 Å². The van der Waals surface area contributed by atoms with E-state index >= 15 is 0 Å². The average Bonchev–Trinajstić information content (AvgIpc) is 3.09. The molecule has 0 radical (unpaired) electrons. The van der Waals surface area contributed by atoms with Gasteiger partial charge in [-0.15, -0.1) is 12.6 Å². The number of guanidine groups is 1. The van der Waals surface area contributed by atoms with Crippen LogP contribution < -0.4 is 16.0 Å². The van der Waals surface area contributed by atoms with E-state index in [2.05, 4.69) is 37.9 Å². The van der Waals surface area contributed by atoms with E-state index in [0.29, 0.717) is 18.4 Å². The second kappa shape index (κ2) is 11.2. The van der Waals surface area contributed by atoms with Crippen molar-refractivity contribution in [1.29, 1.82) is 5.41 Å². The molecule has 0 aliphatic carbocycles. The van der Waals surface area contributed by atoms with E-state index in [4.69, 9.17) is 15.9 Å². The van der Waals surface area contributed by atoms with Crippen LogP contribution >= 0.6 is 12.6 Å². The number of amides is 1. The molecular weight excluding hydrogens is 412 g/mol. The maximum Gasteiger partial charge on any atom is 0.417 e. The molecule has 1 atom stereocenters. The number of carboxylic acid groups (broad SMARTS) is 1. The summed E-state index contributed by atoms with van der Waals surface area (Å²) in [5, 5.41) is 19.7. The van der Waals surface area contributed by atoms with Crippen molar-refractivity contribution in [2.75, 3.05) is 18.1 Å². The highest BCUT2D eigenvalue weighted by atomic mass is 32.1. The van der Waals surface area contributed by atoms with E-state index in [1.54, 1.807) is 0 Å². The summed E-state index contributed by atoms with van der Waals surface area (Å²) in [7, 11) is 0. The predicted molar refractivity (Wildman–Crippen MR) is 113 cm³/mol. The lowest BCUT2D eigenvalue weighted by molar-refractivity contribution is -0.138. The summed E-state index contributed by atoms with van der Waals surface area (Å²) in [6, 6.07) is -1.25. The Labute approximate surface area is 178 Å². The van der Waals surface area contributed by atoms with Gasteiger partial charge in [0.25, 0.3) is 0 Å². The van der Waals surface area contributed by atoms with Gasteiger partial charge in [-0.3, -0.25) is 5.41 Å². The normalized spacial score (nSPS) is 11.8. The van der Waals surface area contributed by atoms with Crippen molar-refractivity contribution in [3.63, 3.8) is 0 Å². The van der Waals surface area contributed by atoms with Crippen LogP contribution in [-0.4, -0.2) is 62.3 Å².